The molecule has 3 amide bonds. The lowest BCUT2D eigenvalue weighted by atomic mass is 10.1. The van der Waals surface area contributed by atoms with Crippen LogP contribution < -0.4 is 11.1 Å². The number of nitrogens with one attached hydrogen (secondary N) is 1. The second kappa shape index (κ2) is 9.91. The zero-order valence-corrected chi connectivity index (χ0v) is 17.7. The van der Waals surface area contributed by atoms with Crippen molar-refractivity contribution in [1.82, 2.24) is 15.1 Å². The van der Waals surface area contributed by atoms with Crippen LogP contribution in [0.1, 0.15) is 38.2 Å². The summed E-state index contributed by atoms with van der Waals surface area (Å²) in [7, 11) is 0. The number of aliphatic carboxylic acids is 1. The highest BCUT2D eigenvalue weighted by molar-refractivity contribution is 5.94. The van der Waals surface area contributed by atoms with E-state index >= 15 is 0 Å². The van der Waals surface area contributed by atoms with Gasteiger partial charge in [-0.3, -0.25) is 14.4 Å². The third kappa shape index (κ3) is 5.22. The van der Waals surface area contributed by atoms with E-state index in [1.165, 1.54) is 9.80 Å². The summed E-state index contributed by atoms with van der Waals surface area (Å²) in [5.74, 6) is -2.13. The molecule has 31 heavy (non-hydrogen) atoms. The first kappa shape index (κ1) is 22.7. The number of nitrogens with zero attached hydrogens (tertiary/aromatic N) is 2. The van der Waals surface area contributed by atoms with E-state index in [0.717, 1.165) is 5.56 Å². The van der Waals surface area contributed by atoms with Gasteiger partial charge in [-0.2, -0.15) is 0 Å². The lowest BCUT2D eigenvalue weighted by Crippen LogP contribution is -2.56. The van der Waals surface area contributed by atoms with Gasteiger partial charge >= 0.3 is 5.97 Å². The van der Waals surface area contributed by atoms with Crippen molar-refractivity contribution in [2.75, 3.05) is 13.1 Å². The summed E-state index contributed by atoms with van der Waals surface area (Å²) in [5, 5.41) is 12.0. The largest absolute Gasteiger partial charge is 0.480 e. The summed E-state index contributed by atoms with van der Waals surface area (Å²) < 4.78 is 0. The molecule has 0 unspecified atom stereocenters. The van der Waals surface area contributed by atoms with E-state index in [9.17, 15) is 24.3 Å². The molecule has 1 aromatic rings. The Morgan fingerprint density at radius 2 is 1.68 bits per heavy atom. The van der Waals surface area contributed by atoms with E-state index in [1.807, 2.05) is 30.3 Å². The molecule has 0 bridgehead atoms. The van der Waals surface area contributed by atoms with E-state index in [0.29, 0.717) is 45.2 Å². The standard InChI is InChI=1S/C22H30N4O5/c1-14(24-19(27)16(23)13-15-7-3-2-4-8-15)20(28)25-11-5-9-17(25)21(29)26-12-6-10-18(26)22(30)31/h2-4,7-8,14,16-18H,5-6,9-13,23H2,1H3,(H,24,27)(H,30,31)/t14-,16-,17-,18-/m0/s1. The van der Waals surface area contributed by atoms with E-state index in [2.05, 4.69) is 5.32 Å². The first-order valence-corrected chi connectivity index (χ1v) is 10.7. The number of nitrogens with two attached hydrogens (primary N) is 1. The van der Waals surface area contributed by atoms with Crippen molar-refractivity contribution in [3.05, 3.63) is 35.9 Å². The highest BCUT2D eigenvalue weighted by atomic mass is 16.4. The second-order valence-electron chi connectivity index (χ2n) is 8.24. The molecule has 2 saturated heterocycles. The van der Waals surface area contributed by atoms with Gasteiger partial charge in [-0.1, -0.05) is 30.3 Å². The predicted octanol–water partition coefficient (Wildman–Crippen LogP) is 0.128. The Balaban J connectivity index is 1.59. The maximum Gasteiger partial charge on any atom is 0.326 e. The van der Waals surface area contributed by atoms with E-state index in [1.54, 1.807) is 6.92 Å². The van der Waals surface area contributed by atoms with Gasteiger partial charge in [0, 0.05) is 13.1 Å². The minimum absolute atomic E-state index is 0.324. The van der Waals surface area contributed by atoms with Crippen LogP contribution in [-0.4, -0.2) is 75.9 Å². The Hall–Kier alpha value is -2.94. The van der Waals surface area contributed by atoms with Crippen LogP contribution in [0.25, 0.3) is 0 Å². The molecule has 2 heterocycles. The number of hydrogen-bond donors (Lipinski definition) is 3. The van der Waals surface area contributed by atoms with Crippen molar-refractivity contribution in [3.8, 4) is 0 Å². The van der Waals surface area contributed by atoms with Gasteiger partial charge in [0.2, 0.25) is 17.7 Å². The first-order valence-electron chi connectivity index (χ1n) is 10.7. The number of carbonyl (C=O) groups is 4. The van der Waals surface area contributed by atoms with Gasteiger partial charge in [-0.25, -0.2) is 4.79 Å². The maximum atomic E-state index is 13.0. The molecule has 0 spiro atoms. The van der Waals surface area contributed by atoms with Crippen LogP contribution >= 0.6 is 0 Å². The molecule has 2 aliphatic rings. The van der Waals surface area contributed by atoms with E-state index in [-0.39, 0.29) is 11.8 Å². The second-order valence-corrected chi connectivity index (χ2v) is 8.24. The smallest absolute Gasteiger partial charge is 0.326 e. The highest BCUT2D eigenvalue weighted by Gasteiger charge is 2.43. The van der Waals surface area contributed by atoms with Crippen molar-refractivity contribution in [2.45, 2.75) is 63.2 Å². The molecular weight excluding hydrogens is 400 g/mol. The molecule has 9 nitrogen and oxygen atoms in total. The summed E-state index contributed by atoms with van der Waals surface area (Å²) in [4.78, 5) is 52.7. The topological polar surface area (TPSA) is 133 Å². The van der Waals surface area contributed by atoms with Crippen molar-refractivity contribution < 1.29 is 24.3 Å². The number of carboxylic acids is 1. The van der Waals surface area contributed by atoms with Crippen molar-refractivity contribution in [2.24, 2.45) is 5.73 Å². The molecule has 4 N–H and O–H groups in total. The van der Waals surface area contributed by atoms with Crippen LogP contribution in [-0.2, 0) is 25.6 Å². The van der Waals surface area contributed by atoms with Crippen molar-refractivity contribution in [1.29, 1.82) is 0 Å². The normalized spacial score (nSPS) is 22.8. The SMILES string of the molecule is C[C@H](NC(=O)[C@@H](N)Cc1ccccc1)C(=O)N1CCC[C@H]1C(=O)N1CCC[C@H]1C(=O)O. The molecule has 0 radical (unpaired) electrons. The quantitative estimate of drug-likeness (QED) is 0.563. The Morgan fingerprint density at radius 1 is 1.06 bits per heavy atom. The minimum atomic E-state index is -1.02. The number of benzene rings is 1. The van der Waals surface area contributed by atoms with Crippen LogP contribution in [0.2, 0.25) is 0 Å². The summed E-state index contributed by atoms with van der Waals surface area (Å²) in [6.07, 6.45) is 2.55. The average Bonchev–Trinajstić information content (AvgIpc) is 3.43. The number of carbonyl (C=O) groups excluding carboxylic acids is 3. The number of hydrogen-bond acceptors (Lipinski definition) is 5. The number of carboxylic acid groups (broad SMARTS) is 1. The Bertz CT molecular complexity index is 830. The molecular formula is C22H30N4O5. The van der Waals surface area contributed by atoms with Crippen molar-refractivity contribution in [3.63, 3.8) is 0 Å². The zero-order valence-electron chi connectivity index (χ0n) is 17.7. The van der Waals surface area contributed by atoms with E-state index in [4.69, 9.17) is 5.73 Å². The summed E-state index contributed by atoms with van der Waals surface area (Å²) in [6, 6.07) is 6.21. The number of likely N-dealkylation sites (tertiary alicyclic amines) is 2. The lowest BCUT2D eigenvalue weighted by molar-refractivity contribution is -0.152. The Kier molecular flexibility index (Phi) is 7.27. The van der Waals surface area contributed by atoms with E-state index < -0.39 is 36.0 Å². The van der Waals surface area contributed by atoms with Crippen molar-refractivity contribution >= 4 is 23.7 Å². The van der Waals surface area contributed by atoms with Gasteiger partial charge in [-0.05, 0) is 44.6 Å². The fourth-order valence-corrected chi connectivity index (χ4v) is 4.36. The van der Waals surface area contributed by atoms with Gasteiger partial charge < -0.3 is 26.0 Å². The summed E-state index contributed by atoms with van der Waals surface area (Å²) >= 11 is 0. The van der Waals surface area contributed by atoms with Crippen LogP contribution in [0.4, 0.5) is 0 Å². The fourth-order valence-electron chi connectivity index (χ4n) is 4.36. The van der Waals surface area contributed by atoms with Gasteiger partial charge in [0.15, 0.2) is 0 Å². The van der Waals surface area contributed by atoms with Gasteiger partial charge in [0.05, 0.1) is 6.04 Å². The highest BCUT2D eigenvalue weighted by Crippen LogP contribution is 2.25. The first-order chi connectivity index (χ1) is 14.8. The fraction of sp³-hybridized carbons (Fsp3) is 0.545. The van der Waals surface area contributed by atoms with Gasteiger partial charge in [-0.15, -0.1) is 0 Å². The Morgan fingerprint density at radius 3 is 2.32 bits per heavy atom. The zero-order chi connectivity index (χ0) is 22.5. The van der Waals surface area contributed by atoms with Gasteiger partial charge in [0.1, 0.15) is 18.1 Å². The average molecular weight is 431 g/mol. The molecule has 1 aromatic carbocycles. The molecule has 3 rings (SSSR count). The third-order valence-corrected chi connectivity index (χ3v) is 6.01. The number of rotatable bonds is 7. The minimum Gasteiger partial charge on any atom is -0.480 e. The van der Waals surface area contributed by atoms with Crippen LogP contribution in [0.3, 0.4) is 0 Å². The van der Waals surface area contributed by atoms with Crippen LogP contribution in [0.15, 0.2) is 30.3 Å². The third-order valence-electron chi connectivity index (χ3n) is 6.01. The maximum absolute atomic E-state index is 13.0. The molecule has 2 aliphatic heterocycles. The van der Waals surface area contributed by atoms with Crippen LogP contribution in [0, 0.1) is 0 Å². The predicted molar refractivity (Wildman–Crippen MR) is 113 cm³/mol. The summed E-state index contributed by atoms with van der Waals surface area (Å²) in [6.45, 7) is 2.36. The molecule has 0 aliphatic carbocycles. The summed E-state index contributed by atoms with van der Waals surface area (Å²) in [5.41, 5.74) is 6.92. The van der Waals surface area contributed by atoms with Crippen LogP contribution in [0.5, 0.6) is 0 Å². The lowest BCUT2D eigenvalue weighted by Gasteiger charge is -2.31. The monoisotopic (exact) mass is 430 g/mol. The molecule has 0 saturated carbocycles. The molecule has 0 aromatic heterocycles. The molecule has 4 atom stereocenters. The molecule has 168 valence electrons. The van der Waals surface area contributed by atoms with Gasteiger partial charge in [0.25, 0.3) is 0 Å². The molecule has 2 fully saturated rings. The molecule has 9 heteroatoms. The number of amides is 3. The Labute approximate surface area is 181 Å².